The second-order valence-corrected chi connectivity index (χ2v) is 10.9. The van der Waals surface area contributed by atoms with Crippen LogP contribution in [0, 0.1) is 0 Å². The van der Waals surface area contributed by atoms with Crippen LogP contribution in [-0.2, 0) is 23.4 Å². The normalized spacial score (nSPS) is 25.8. The van der Waals surface area contributed by atoms with E-state index in [1.807, 2.05) is 0 Å². The van der Waals surface area contributed by atoms with Crippen molar-refractivity contribution in [3.05, 3.63) is 48.5 Å². The summed E-state index contributed by atoms with van der Waals surface area (Å²) in [5.41, 5.74) is 3.89. The number of para-hydroxylation sites is 1. The van der Waals surface area contributed by atoms with Gasteiger partial charge in [-0.2, -0.15) is 10.2 Å². The Balaban J connectivity index is 1.54. The fourth-order valence-electron chi connectivity index (χ4n) is 3.93. The first kappa shape index (κ1) is 27.9. The highest BCUT2D eigenvalue weighted by Crippen LogP contribution is 2.48. The number of carbonyl (C=O) groups is 1. The molecule has 0 bridgehead atoms. The summed E-state index contributed by atoms with van der Waals surface area (Å²) in [4.78, 5) is 20.3. The number of imidazole rings is 1. The van der Waals surface area contributed by atoms with E-state index in [1.165, 1.54) is 24.0 Å². The number of rotatable bonds is 10. The van der Waals surface area contributed by atoms with Gasteiger partial charge in [0.2, 0.25) is 0 Å². The quantitative estimate of drug-likeness (QED) is 0.248. The smallest absolute Gasteiger partial charge is 0.459 e. The van der Waals surface area contributed by atoms with Crippen molar-refractivity contribution >= 4 is 25.2 Å². The number of halogens is 1. The number of nitrogens with two attached hydrogens (primary N) is 1. The molecule has 6 atom stereocenters. The molecule has 0 saturated carbocycles. The number of ether oxygens (including phenoxy) is 2. The maximum Gasteiger partial charge on any atom is 0.459 e. The van der Waals surface area contributed by atoms with E-state index in [0.717, 1.165) is 6.92 Å². The molecular weight excluding hydrogens is 522 g/mol. The molecule has 0 radical (unpaired) electrons. The van der Waals surface area contributed by atoms with Crippen LogP contribution < -0.4 is 15.3 Å². The zero-order valence-electron chi connectivity index (χ0n) is 21.2. The van der Waals surface area contributed by atoms with Crippen molar-refractivity contribution in [1.29, 1.82) is 0 Å². The van der Waals surface area contributed by atoms with Crippen molar-refractivity contribution in [1.82, 2.24) is 24.7 Å². The number of fused-ring (bicyclic) bond motifs is 1. The molecule has 1 aliphatic heterocycles. The van der Waals surface area contributed by atoms with Gasteiger partial charge in [-0.25, -0.2) is 23.4 Å². The van der Waals surface area contributed by atoms with Gasteiger partial charge in [-0.1, -0.05) is 18.2 Å². The van der Waals surface area contributed by atoms with E-state index >= 15 is 4.39 Å². The maximum atomic E-state index is 15.8. The second kappa shape index (κ2) is 10.9. The van der Waals surface area contributed by atoms with Crippen molar-refractivity contribution in [2.75, 3.05) is 12.3 Å². The van der Waals surface area contributed by atoms with E-state index in [0.29, 0.717) is 0 Å². The highest BCUT2D eigenvalue weighted by Gasteiger charge is 2.56. The number of aliphatic hydroxyl groups is 1. The van der Waals surface area contributed by atoms with Gasteiger partial charge in [0.05, 0.1) is 24.6 Å². The van der Waals surface area contributed by atoms with Crippen LogP contribution in [0.2, 0.25) is 0 Å². The third kappa shape index (κ3) is 5.79. The number of hydrogen-bond donors (Lipinski definition) is 3. The molecule has 1 aromatic carbocycles. The summed E-state index contributed by atoms with van der Waals surface area (Å²) >= 11 is 0. The monoisotopic (exact) mass is 552 g/mol. The molecule has 4 N–H and O–H groups in total. The maximum absolute atomic E-state index is 15.8. The minimum absolute atomic E-state index is 0.0837. The highest BCUT2D eigenvalue weighted by atomic mass is 31.2. The Morgan fingerprint density at radius 1 is 1.32 bits per heavy atom. The molecule has 0 spiro atoms. The van der Waals surface area contributed by atoms with Gasteiger partial charge in [-0.3, -0.25) is 9.32 Å². The van der Waals surface area contributed by atoms with Crippen molar-refractivity contribution in [2.45, 2.75) is 63.8 Å². The molecule has 15 heteroatoms. The van der Waals surface area contributed by atoms with Gasteiger partial charge < -0.3 is 24.8 Å². The molecule has 3 heterocycles. The second-order valence-electron chi connectivity index (χ2n) is 9.25. The van der Waals surface area contributed by atoms with Crippen LogP contribution in [-0.4, -0.2) is 67.3 Å². The number of carbonyl (C=O) groups excluding carboxylic acids is 1. The van der Waals surface area contributed by atoms with E-state index in [9.17, 15) is 14.5 Å². The average Bonchev–Trinajstić information content (AvgIpc) is 3.37. The lowest BCUT2D eigenvalue weighted by molar-refractivity contribution is -0.149. The minimum Gasteiger partial charge on any atom is -0.462 e. The van der Waals surface area contributed by atoms with E-state index < -0.39 is 56.4 Å². The number of anilines is 1. The lowest BCUT2D eigenvalue weighted by atomic mass is 9.93. The average molecular weight is 553 g/mol. The summed E-state index contributed by atoms with van der Waals surface area (Å²) in [6.07, 6.45) is -2.17. The predicted molar refractivity (Wildman–Crippen MR) is 133 cm³/mol. The van der Waals surface area contributed by atoms with E-state index in [-0.39, 0.29) is 22.9 Å². The lowest BCUT2D eigenvalue weighted by Gasteiger charge is -2.25. The van der Waals surface area contributed by atoms with E-state index in [4.69, 9.17) is 24.3 Å². The molecule has 3 aromatic rings. The largest absolute Gasteiger partial charge is 0.462 e. The molecule has 0 amide bonds. The van der Waals surface area contributed by atoms with Gasteiger partial charge >= 0.3 is 13.7 Å². The fraction of sp³-hybridized carbons (Fsp3) is 0.478. The van der Waals surface area contributed by atoms with Crippen LogP contribution in [0.15, 0.2) is 42.9 Å². The first-order chi connectivity index (χ1) is 17.9. The third-order valence-electron chi connectivity index (χ3n) is 5.81. The van der Waals surface area contributed by atoms with Crippen LogP contribution >= 0.6 is 7.75 Å². The number of nitrogens with zero attached hydrogens (tertiary/aromatic N) is 4. The highest BCUT2D eigenvalue weighted by molar-refractivity contribution is 7.52. The Morgan fingerprint density at radius 3 is 2.71 bits per heavy atom. The van der Waals surface area contributed by atoms with Crippen LogP contribution in [0.4, 0.5) is 10.2 Å². The number of esters is 1. The molecule has 38 heavy (non-hydrogen) atoms. The summed E-state index contributed by atoms with van der Waals surface area (Å²) < 4.78 is 52.9. The number of aromatic nitrogens is 4. The first-order valence-corrected chi connectivity index (χ1v) is 13.4. The molecule has 2 aromatic heterocycles. The van der Waals surface area contributed by atoms with E-state index in [2.05, 4.69) is 20.2 Å². The Kier molecular flexibility index (Phi) is 8.00. The number of hydrogen-bond acceptors (Lipinski definition) is 11. The molecule has 206 valence electrons. The zero-order valence-corrected chi connectivity index (χ0v) is 22.1. The van der Waals surface area contributed by atoms with Gasteiger partial charge in [0.15, 0.2) is 17.1 Å². The number of nitrogens with one attached hydrogen (secondary N) is 1. The summed E-state index contributed by atoms with van der Waals surface area (Å²) in [5, 5.41) is 17.4. The van der Waals surface area contributed by atoms with Gasteiger partial charge in [-0.05, 0) is 39.8 Å². The summed E-state index contributed by atoms with van der Waals surface area (Å²) in [7, 11) is -4.26. The molecular formula is C23H30FN6O7P. The lowest BCUT2D eigenvalue weighted by Crippen LogP contribution is -2.40. The standard InChI is InChI=1S/C23H30FN6O7P/c1-13(2)35-22(32)14(3)29-38(33,37-15-8-6-5-7-9-15)34-11-17-18(31)23(4,24)19(36-17)16-10-26-21-20(25)27-12-28-30(16)21/h5-10,12-14,17-19,31H,11H2,1-4H3,(H,29,33)(H2,25,27,28)/t14-,17+,18+,19-,23+,38?/m0/s1. The third-order valence-corrected chi connectivity index (χ3v) is 7.46. The van der Waals surface area contributed by atoms with Crippen LogP contribution in [0.3, 0.4) is 0 Å². The summed E-state index contributed by atoms with van der Waals surface area (Å²) in [6.45, 7) is 5.40. The Hall–Kier alpha value is -3.16. The summed E-state index contributed by atoms with van der Waals surface area (Å²) in [5.74, 6) is -0.403. The number of benzene rings is 1. The van der Waals surface area contributed by atoms with Crippen molar-refractivity contribution in [3.8, 4) is 5.75 Å². The summed E-state index contributed by atoms with van der Waals surface area (Å²) in [6, 6.07) is 7.06. The van der Waals surface area contributed by atoms with Crippen molar-refractivity contribution in [2.24, 2.45) is 0 Å². The van der Waals surface area contributed by atoms with Gasteiger partial charge in [0.25, 0.3) is 0 Å². The number of alkyl halides is 1. The van der Waals surface area contributed by atoms with E-state index in [1.54, 1.807) is 44.2 Å². The number of nitrogen functional groups attached to an aromatic ring is 1. The SMILES string of the molecule is CC(C)OC(=O)[C@H](C)NP(=O)(OC[C@H]1O[C@@H](c2cnc3c(N)ncnn23)[C@](C)(F)[C@@H]1O)Oc1ccccc1. The first-order valence-electron chi connectivity index (χ1n) is 11.9. The Bertz CT molecular complexity index is 1320. The van der Waals surface area contributed by atoms with Crippen LogP contribution in [0.25, 0.3) is 5.65 Å². The van der Waals surface area contributed by atoms with Crippen molar-refractivity contribution in [3.63, 3.8) is 0 Å². The molecule has 1 unspecified atom stereocenters. The zero-order chi connectivity index (χ0) is 27.7. The fourth-order valence-corrected chi connectivity index (χ4v) is 5.43. The Labute approximate surface area is 218 Å². The molecule has 0 aliphatic carbocycles. The number of aliphatic hydroxyl groups excluding tert-OH is 1. The Morgan fingerprint density at radius 2 is 2.03 bits per heavy atom. The molecule has 13 nitrogen and oxygen atoms in total. The predicted octanol–water partition coefficient (Wildman–Crippen LogP) is 2.37. The van der Waals surface area contributed by atoms with Crippen LogP contribution in [0.1, 0.15) is 39.5 Å². The molecule has 1 aliphatic rings. The minimum atomic E-state index is -4.26. The topological polar surface area (TPSA) is 172 Å². The van der Waals surface area contributed by atoms with Gasteiger partial charge in [0.1, 0.15) is 36.4 Å². The molecule has 1 fully saturated rings. The van der Waals surface area contributed by atoms with Gasteiger partial charge in [0, 0.05) is 0 Å². The van der Waals surface area contributed by atoms with Crippen molar-refractivity contribution < 1.29 is 37.4 Å². The van der Waals surface area contributed by atoms with Gasteiger partial charge in [-0.15, -0.1) is 0 Å². The molecule has 1 saturated heterocycles. The van der Waals surface area contributed by atoms with Crippen LogP contribution in [0.5, 0.6) is 5.75 Å². The molecule has 4 rings (SSSR count).